The minimum Gasteiger partial charge on any atom is -0.329 e. The molecule has 0 bridgehead atoms. The lowest BCUT2D eigenvalue weighted by Gasteiger charge is -2.52. The number of likely N-dealkylation sites (N-methyl/N-ethyl adjacent to an activating group) is 1. The van der Waals surface area contributed by atoms with Crippen LogP contribution in [0.4, 0.5) is 0 Å². The van der Waals surface area contributed by atoms with Gasteiger partial charge in [0.25, 0.3) is 0 Å². The average molecular weight is 212 g/mol. The van der Waals surface area contributed by atoms with Crippen molar-refractivity contribution in [3.63, 3.8) is 0 Å². The maximum Gasteiger partial charge on any atom is 0.0354 e. The highest BCUT2D eigenvalue weighted by Gasteiger charge is 2.44. The van der Waals surface area contributed by atoms with Crippen LogP contribution < -0.4 is 5.73 Å². The van der Waals surface area contributed by atoms with Gasteiger partial charge in [-0.25, -0.2) is 0 Å². The third-order valence-corrected chi connectivity index (χ3v) is 4.60. The van der Waals surface area contributed by atoms with Gasteiger partial charge in [0.15, 0.2) is 0 Å². The Kier molecular flexibility index (Phi) is 3.83. The van der Waals surface area contributed by atoms with E-state index in [1.807, 2.05) is 0 Å². The van der Waals surface area contributed by atoms with Crippen molar-refractivity contribution in [3.05, 3.63) is 0 Å². The molecule has 1 saturated carbocycles. The van der Waals surface area contributed by atoms with Crippen LogP contribution in [0.15, 0.2) is 0 Å². The maximum atomic E-state index is 6.05. The van der Waals surface area contributed by atoms with Gasteiger partial charge >= 0.3 is 0 Å². The summed E-state index contributed by atoms with van der Waals surface area (Å²) in [7, 11) is 2.22. The van der Waals surface area contributed by atoms with E-state index < -0.39 is 0 Å². The van der Waals surface area contributed by atoms with Gasteiger partial charge in [0.1, 0.15) is 0 Å². The van der Waals surface area contributed by atoms with Crippen LogP contribution >= 0.6 is 0 Å². The topological polar surface area (TPSA) is 29.3 Å². The molecule has 1 aliphatic rings. The molecule has 15 heavy (non-hydrogen) atoms. The largest absolute Gasteiger partial charge is 0.329 e. The molecule has 0 saturated heterocycles. The highest BCUT2D eigenvalue weighted by atomic mass is 15.2. The smallest absolute Gasteiger partial charge is 0.0354 e. The van der Waals surface area contributed by atoms with E-state index in [0.717, 1.165) is 13.1 Å². The van der Waals surface area contributed by atoms with Gasteiger partial charge in [-0.3, -0.25) is 4.90 Å². The SMILES string of the molecule is CCN(C)C1(CN)CCC(C)(C)CC1C. The minimum atomic E-state index is 0.254. The molecule has 2 unspecified atom stereocenters. The molecule has 0 aromatic heterocycles. The van der Waals surface area contributed by atoms with Crippen molar-refractivity contribution < 1.29 is 0 Å². The Hall–Kier alpha value is -0.0800. The van der Waals surface area contributed by atoms with Gasteiger partial charge in [0.2, 0.25) is 0 Å². The molecule has 2 nitrogen and oxygen atoms in total. The van der Waals surface area contributed by atoms with E-state index >= 15 is 0 Å². The Morgan fingerprint density at radius 2 is 1.93 bits per heavy atom. The molecule has 0 aliphatic heterocycles. The van der Waals surface area contributed by atoms with Crippen LogP contribution in [-0.4, -0.2) is 30.6 Å². The van der Waals surface area contributed by atoms with E-state index in [-0.39, 0.29) is 5.54 Å². The number of nitrogens with zero attached hydrogens (tertiary/aromatic N) is 1. The van der Waals surface area contributed by atoms with Gasteiger partial charge in [-0.1, -0.05) is 27.7 Å². The van der Waals surface area contributed by atoms with Crippen LogP contribution in [0.25, 0.3) is 0 Å². The zero-order chi connectivity index (χ0) is 11.7. The van der Waals surface area contributed by atoms with Crippen molar-refractivity contribution >= 4 is 0 Å². The van der Waals surface area contributed by atoms with Crippen LogP contribution in [-0.2, 0) is 0 Å². The summed E-state index contributed by atoms with van der Waals surface area (Å²) in [6.07, 6.45) is 3.86. The molecule has 0 amide bonds. The summed E-state index contributed by atoms with van der Waals surface area (Å²) in [6, 6.07) is 0. The number of nitrogens with two attached hydrogens (primary N) is 1. The molecule has 2 heteroatoms. The predicted molar refractivity (Wildman–Crippen MR) is 66.9 cm³/mol. The van der Waals surface area contributed by atoms with Crippen molar-refractivity contribution in [2.75, 3.05) is 20.1 Å². The van der Waals surface area contributed by atoms with Gasteiger partial charge in [-0.2, -0.15) is 0 Å². The molecule has 0 aromatic carbocycles. The third-order valence-electron chi connectivity index (χ3n) is 4.60. The number of rotatable bonds is 3. The first-order valence-electron chi connectivity index (χ1n) is 6.29. The molecular weight excluding hydrogens is 184 g/mol. The third kappa shape index (κ3) is 2.36. The summed E-state index contributed by atoms with van der Waals surface area (Å²) in [4.78, 5) is 2.47. The van der Waals surface area contributed by atoms with Crippen molar-refractivity contribution in [1.82, 2.24) is 4.90 Å². The zero-order valence-electron chi connectivity index (χ0n) is 11.1. The number of hydrogen-bond donors (Lipinski definition) is 1. The molecular formula is C13H28N2. The standard InChI is InChI=1S/C13H28N2/c1-6-15(5)13(10-14)8-7-12(3,4)9-11(13)2/h11H,6-10,14H2,1-5H3. The molecule has 1 rings (SSSR count). The fraction of sp³-hybridized carbons (Fsp3) is 1.00. The molecule has 0 heterocycles. The fourth-order valence-corrected chi connectivity index (χ4v) is 3.26. The second-order valence-electron chi connectivity index (χ2n) is 6.09. The summed E-state index contributed by atoms with van der Waals surface area (Å²) in [5.74, 6) is 0.705. The lowest BCUT2D eigenvalue weighted by molar-refractivity contribution is -0.00424. The Labute approximate surface area is 95.2 Å². The van der Waals surface area contributed by atoms with E-state index in [1.54, 1.807) is 0 Å². The Balaban J connectivity index is 2.84. The van der Waals surface area contributed by atoms with Crippen LogP contribution in [0.1, 0.15) is 47.0 Å². The van der Waals surface area contributed by atoms with Crippen LogP contribution in [0.2, 0.25) is 0 Å². The van der Waals surface area contributed by atoms with E-state index in [9.17, 15) is 0 Å². The molecule has 0 radical (unpaired) electrons. The van der Waals surface area contributed by atoms with Crippen LogP contribution in [0.3, 0.4) is 0 Å². The monoisotopic (exact) mass is 212 g/mol. The summed E-state index contributed by atoms with van der Waals surface area (Å²) in [5, 5.41) is 0. The van der Waals surface area contributed by atoms with E-state index in [2.05, 4.69) is 39.6 Å². The van der Waals surface area contributed by atoms with Gasteiger partial charge < -0.3 is 5.73 Å². The molecule has 2 atom stereocenters. The first-order chi connectivity index (χ1) is 6.88. The maximum absolute atomic E-state index is 6.05. The second kappa shape index (κ2) is 4.42. The van der Waals surface area contributed by atoms with Crippen LogP contribution in [0, 0.1) is 11.3 Å². The molecule has 0 spiro atoms. The molecule has 0 aromatic rings. The van der Waals surface area contributed by atoms with Gasteiger partial charge in [-0.05, 0) is 44.2 Å². The first-order valence-corrected chi connectivity index (χ1v) is 6.29. The van der Waals surface area contributed by atoms with Crippen molar-refractivity contribution in [2.45, 2.75) is 52.5 Å². The molecule has 1 aliphatic carbocycles. The Bertz CT molecular complexity index is 213. The van der Waals surface area contributed by atoms with Crippen molar-refractivity contribution in [1.29, 1.82) is 0 Å². The Morgan fingerprint density at radius 1 is 1.33 bits per heavy atom. The fourth-order valence-electron chi connectivity index (χ4n) is 3.26. The zero-order valence-corrected chi connectivity index (χ0v) is 11.1. The lowest BCUT2D eigenvalue weighted by atomic mass is 9.63. The highest BCUT2D eigenvalue weighted by molar-refractivity contribution is 5.00. The molecule has 1 fully saturated rings. The second-order valence-corrected chi connectivity index (χ2v) is 6.09. The Morgan fingerprint density at radius 3 is 2.33 bits per heavy atom. The van der Waals surface area contributed by atoms with Gasteiger partial charge in [0, 0.05) is 12.1 Å². The van der Waals surface area contributed by atoms with Crippen molar-refractivity contribution in [3.8, 4) is 0 Å². The summed E-state index contributed by atoms with van der Waals surface area (Å²) in [6.45, 7) is 11.3. The number of hydrogen-bond acceptors (Lipinski definition) is 2. The normalized spacial score (nSPS) is 35.8. The lowest BCUT2D eigenvalue weighted by Crippen LogP contribution is -2.59. The van der Waals surface area contributed by atoms with Gasteiger partial charge in [-0.15, -0.1) is 0 Å². The van der Waals surface area contributed by atoms with E-state index in [4.69, 9.17) is 5.73 Å². The van der Waals surface area contributed by atoms with Crippen molar-refractivity contribution in [2.24, 2.45) is 17.1 Å². The first kappa shape index (κ1) is 13.0. The van der Waals surface area contributed by atoms with E-state index in [1.165, 1.54) is 19.3 Å². The summed E-state index contributed by atoms with van der Waals surface area (Å²) >= 11 is 0. The van der Waals surface area contributed by atoms with Gasteiger partial charge in [0.05, 0.1) is 0 Å². The molecule has 90 valence electrons. The quantitative estimate of drug-likeness (QED) is 0.779. The summed E-state index contributed by atoms with van der Waals surface area (Å²) in [5.41, 5.74) is 6.81. The highest BCUT2D eigenvalue weighted by Crippen LogP contribution is 2.45. The minimum absolute atomic E-state index is 0.254. The average Bonchev–Trinajstić information content (AvgIpc) is 2.17. The summed E-state index contributed by atoms with van der Waals surface area (Å²) < 4.78 is 0. The van der Waals surface area contributed by atoms with Crippen LogP contribution in [0.5, 0.6) is 0 Å². The molecule has 2 N–H and O–H groups in total. The predicted octanol–water partition coefficient (Wildman–Crippen LogP) is 2.48. The van der Waals surface area contributed by atoms with E-state index in [0.29, 0.717) is 11.3 Å².